The maximum atomic E-state index is 15.3. The van der Waals surface area contributed by atoms with Crippen molar-refractivity contribution in [3.63, 3.8) is 0 Å². The van der Waals surface area contributed by atoms with Crippen molar-refractivity contribution in [3.8, 4) is 51.0 Å². The first kappa shape index (κ1) is 26.5. The van der Waals surface area contributed by atoms with E-state index in [1.54, 1.807) is 38.3 Å². The van der Waals surface area contributed by atoms with Crippen molar-refractivity contribution in [2.45, 2.75) is 13.5 Å². The summed E-state index contributed by atoms with van der Waals surface area (Å²) in [7, 11) is 1.59. The Labute approximate surface area is 230 Å². The van der Waals surface area contributed by atoms with Gasteiger partial charge >= 0.3 is 5.97 Å². The molecule has 0 aliphatic carbocycles. The number of carboxylic acids is 1. The summed E-state index contributed by atoms with van der Waals surface area (Å²) in [5, 5.41) is 8.83. The third-order valence-corrected chi connectivity index (χ3v) is 6.21. The van der Waals surface area contributed by atoms with Gasteiger partial charge in [-0.1, -0.05) is 42.5 Å². The minimum Gasteiger partial charge on any atom is -0.497 e. The van der Waals surface area contributed by atoms with Gasteiger partial charge in [0, 0.05) is 16.7 Å². The van der Waals surface area contributed by atoms with E-state index in [-0.39, 0.29) is 12.4 Å². The third kappa shape index (κ3) is 5.96. The molecule has 40 heavy (non-hydrogen) atoms. The number of carbonyl (C=O) groups is 1. The fourth-order valence-electron chi connectivity index (χ4n) is 4.23. The molecular formula is C32H26FNO6. The average Bonchev–Trinajstić information content (AvgIpc) is 3.40. The number of aliphatic carboxylic acids is 1. The van der Waals surface area contributed by atoms with Gasteiger partial charge < -0.3 is 23.7 Å². The van der Waals surface area contributed by atoms with Crippen LogP contribution >= 0.6 is 0 Å². The highest BCUT2D eigenvalue weighted by molar-refractivity contribution is 5.79. The van der Waals surface area contributed by atoms with Crippen LogP contribution in [-0.2, 0) is 11.4 Å². The number of ether oxygens (including phenoxy) is 3. The molecule has 0 unspecified atom stereocenters. The van der Waals surface area contributed by atoms with Crippen LogP contribution in [-0.4, -0.2) is 29.8 Å². The lowest BCUT2D eigenvalue weighted by Gasteiger charge is -2.09. The maximum absolute atomic E-state index is 15.3. The molecule has 0 spiro atoms. The second kappa shape index (κ2) is 11.7. The molecule has 1 heterocycles. The molecule has 0 atom stereocenters. The summed E-state index contributed by atoms with van der Waals surface area (Å²) in [6.07, 6.45) is 0. The number of rotatable bonds is 10. The minimum absolute atomic E-state index is 0.0164. The molecule has 0 fully saturated rings. The molecule has 0 aliphatic heterocycles. The normalized spacial score (nSPS) is 10.8. The van der Waals surface area contributed by atoms with Crippen LogP contribution in [0.1, 0.15) is 11.5 Å². The summed E-state index contributed by atoms with van der Waals surface area (Å²) in [6, 6.07) is 26.7. The van der Waals surface area contributed by atoms with E-state index in [0.29, 0.717) is 45.7 Å². The molecule has 0 bridgehead atoms. The molecule has 4 aromatic carbocycles. The van der Waals surface area contributed by atoms with E-state index in [1.165, 1.54) is 6.07 Å². The van der Waals surface area contributed by atoms with E-state index in [2.05, 4.69) is 4.98 Å². The Kier molecular flexibility index (Phi) is 7.77. The highest BCUT2D eigenvalue weighted by atomic mass is 19.1. The molecule has 0 amide bonds. The van der Waals surface area contributed by atoms with Crippen molar-refractivity contribution in [2.75, 3.05) is 13.7 Å². The lowest BCUT2D eigenvalue weighted by atomic mass is 10.0. The Morgan fingerprint density at radius 3 is 2.27 bits per heavy atom. The first-order chi connectivity index (χ1) is 19.4. The highest BCUT2D eigenvalue weighted by Crippen LogP contribution is 2.36. The standard InChI is InChI=1S/C32H26FNO6/c1-20-16-25(13-15-28(20)39-19-30(35)36)38-18-29-34-31(22-8-11-24(37-2)12-9-22)32(40-29)23-10-14-26(27(33)17-23)21-6-4-3-5-7-21/h3-17H,18-19H2,1-2H3,(H,35,36). The van der Waals surface area contributed by atoms with Gasteiger partial charge in [-0.15, -0.1) is 0 Å². The number of oxazole rings is 1. The van der Waals surface area contributed by atoms with Crippen molar-refractivity contribution in [2.24, 2.45) is 0 Å². The van der Waals surface area contributed by atoms with Crippen LogP contribution in [0.25, 0.3) is 33.7 Å². The van der Waals surface area contributed by atoms with Gasteiger partial charge in [0.15, 0.2) is 19.0 Å². The topological polar surface area (TPSA) is 91.0 Å². The minimum atomic E-state index is -1.05. The summed E-state index contributed by atoms with van der Waals surface area (Å²) < 4.78 is 37.8. The van der Waals surface area contributed by atoms with Gasteiger partial charge in [0.1, 0.15) is 28.8 Å². The lowest BCUT2D eigenvalue weighted by molar-refractivity contribution is -0.139. The molecule has 0 saturated heterocycles. The van der Waals surface area contributed by atoms with E-state index in [4.69, 9.17) is 23.7 Å². The number of benzene rings is 4. The molecule has 1 N–H and O–H groups in total. The molecule has 7 nitrogen and oxygen atoms in total. The number of methoxy groups -OCH3 is 1. The van der Waals surface area contributed by atoms with Crippen molar-refractivity contribution in [3.05, 3.63) is 108 Å². The predicted molar refractivity (Wildman–Crippen MR) is 148 cm³/mol. The molecule has 1 aromatic heterocycles. The number of carboxylic acid groups (broad SMARTS) is 1. The maximum Gasteiger partial charge on any atom is 0.341 e. The second-order valence-electron chi connectivity index (χ2n) is 8.97. The van der Waals surface area contributed by atoms with Crippen LogP contribution in [0.5, 0.6) is 17.2 Å². The molecule has 0 aliphatic rings. The van der Waals surface area contributed by atoms with Gasteiger partial charge in [-0.05, 0) is 66.6 Å². The monoisotopic (exact) mass is 539 g/mol. The molecule has 5 aromatic rings. The molecule has 0 saturated carbocycles. The van der Waals surface area contributed by atoms with Crippen molar-refractivity contribution in [1.29, 1.82) is 0 Å². The number of nitrogens with zero attached hydrogens (tertiary/aromatic N) is 1. The van der Waals surface area contributed by atoms with Gasteiger partial charge in [-0.2, -0.15) is 0 Å². The number of hydrogen-bond acceptors (Lipinski definition) is 6. The zero-order chi connectivity index (χ0) is 28.1. The largest absolute Gasteiger partial charge is 0.497 e. The molecule has 0 radical (unpaired) electrons. The lowest BCUT2D eigenvalue weighted by Crippen LogP contribution is -2.10. The van der Waals surface area contributed by atoms with E-state index >= 15 is 4.39 Å². The zero-order valence-electron chi connectivity index (χ0n) is 21.9. The summed E-state index contributed by atoms with van der Waals surface area (Å²) >= 11 is 0. The second-order valence-corrected chi connectivity index (χ2v) is 8.97. The Morgan fingerprint density at radius 2 is 1.60 bits per heavy atom. The summed E-state index contributed by atoms with van der Waals surface area (Å²) in [6.45, 7) is 1.38. The van der Waals surface area contributed by atoms with E-state index in [0.717, 1.165) is 16.7 Å². The number of hydrogen-bond donors (Lipinski definition) is 1. The van der Waals surface area contributed by atoms with Crippen molar-refractivity contribution < 1.29 is 32.9 Å². The van der Waals surface area contributed by atoms with E-state index < -0.39 is 12.6 Å². The molecule has 202 valence electrons. The summed E-state index contributed by atoms with van der Waals surface area (Å²) in [5.74, 6) is 0.968. The molecule has 5 rings (SSSR count). The molecule has 8 heteroatoms. The van der Waals surface area contributed by atoms with Gasteiger partial charge in [-0.3, -0.25) is 0 Å². The Bertz CT molecular complexity index is 1630. The van der Waals surface area contributed by atoms with Crippen LogP contribution in [0.2, 0.25) is 0 Å². The highest BCUT2D eigenvalue weighted by Gasteiger charge is 2.19. The fraction of sp³-hybridized carbons (Fsp3) is 0.125. The van der Waals surface area contributed by atoms with Crippen molar-refractivity contribution >= 4 is 5.97 Å². The SMILES string of the molecule is COc1ccc(-c2nc(COc3ccc(OCC(=O)O)c(C)c3)oc2-c2ccc(-c3ccccc3)c(F)c2)cc1. The van der Waals surface area contributed by atoms with Crippen molar-refractivity contribution in [1.82, 2.24) is 4.98 Å². The van der Waals surface area contributed by atoms with Gasteiger partial charge in [0.25, 0.3) is 0 Å². The van der Waals surface area contributed by atoms with Gasteiger partial charge in [0.05, 0.1) is 7.11 Å². The van der Waals surface area contributed by atoms with E-state index in [1.807, 2.05) is 60.7 Å². The summed E-state index contributed by atoms with van der Waals surface area (Å²) in [5.41, 5.74) is 3.85. The van der Waals surface area contributed by atoms with Gasteiger partial charge in [-0.25, -0.2) is 14.2 Å². The van der Waals surface area contributed by atoms with Gasteiger partial charge in [0.2, 0.25) is 5.89 Å². The number of halogens is 1. The fourth-order valence-corrected chi connectivity index (χ4v) is 4.23. The first-order valence-electron chi connectivity index (χ1n) is 12.5. The Hall–Kier alpha value is -5.11. The average molecular weight is 540 g/mol. The first-order valence-corrected chi connectivity index (χ1v) is 12.5. The predicted octanol–water partition coefficient (Wildman–Crippen LogP) is 7.17. The quantitative estimate of drug-likeness (QED) is 0.201. The van der Waals surface area contributed by atoms with Crippen LogP contribution < -0.4 is 14.2 Å². The van der Waals surface area contributed by atoms with Crippen LogP contribution in [0.4, 0.5) is 4.39 Å². The molecular weight excluding hydrogens is 513 g/mol. The number of aryl methyl sites for hydroxylation is 1. The van der Waals surface area contributed by atoms with E-state index in [9.17, 15) is 4.79 Å². The third-order valence-electron chi connectivity index (χ3n) is 6.21. The van der Waals surface area contributed by atoms with Crippen LogP contribution in [0.3, 0.4) is 0 Å². The smallest absolute Gasteiger partial charge is 0.341 e. The number of aromatic nitrogens is 1. The summed E-state index contributed by atoms with van der Waals surface area (Å²) in [4.78, 5) is 15.5. The Morgan fingerprint density at radius 1 is 0.875 bits per heavy atom. The van der Waals surface area contributed by atoms with Crippen LogP contribution in [0.15, 0.2) is 95.4 Å². The zero-order valence-corrected chi connectivity index (χ0v) is 21.9. The Balaban J connectivity index is 1.44. The van der Waals surface area contributed by atoms with Crippen LogP contribution in [0, 0.1) is 12.7 Å².